The Bertz CT molecular complexity index is 651. The van der Waals surface area contributed by atoms with Crippen LogP contribution >= 0.6 is 11.6 Å². The monoisotopic (exact) mass is 410 g/mol. The SMILES string of the molecule is CC(=O)C(O)[C@H]1O[C@H](OCCCl)[C@@](O)(C(C)=O)[C@](O)(C(C)=O)[C@]1(O)C(C)=O. The topological polar surface area (TPSA) is 168 Å². The Morgan fingerprint density at radius 2 is 1.48 bits per heavy atom. The second kappa shape index (κ2) is 8.00. The number of alkyl halides is 1. The molecule has 27 heavy (non-hydrogen) atoms. The van der Waals surface area contributed by atoms with Gasteiger partial charge in [0, 0.05) is 5.88 Å². The highest BCUT2D eigenvalue weighted by Crippen LogP contribution is 2.47. The number of carbonyl (C=O) groups is 4. The Kier molecular flexibility index (Phi) is 7.04. The van der Waals surface area contributed by atoms with Gasteiger partial charge in [-0.25, -0.2) is 0 Å². The molecule has 0 amide bonds. The Balaban J connectivity index is 3.87. The maximum Gasteiger partial charge on any atom is 0.213 e. The summed E-state index contributed by atoms with van der Waals surface area (Å²) in [6, 6.07) is 0. The molecule has 1 saturated heterocycles. The maximum atomic E-state index is 12.3. The summed E-state index contributed by atoms with van der Waals surface area (Å²) in [6.45, 7) is 2.79. The molecule has 0 saturated carbocycles. The van der Waals surface area contributed by atoms with Crippen molar-refractivity contribution in [3.8, 4) is 0 Å². The largest absolute Gasteiger partial charge is 0.382 e. The van der Waals surface area contributed by atoms with Gasteiger partial charge in [-0.3, -0.25) is 19.2 Å². The predicted octanol–water partition coefficient (Wildman–Crippen LogP) is -2.12. The molecule has 0 aliphatic carbocycles. The van der Waals surface area contributed by atoms with Gasteiger partial charge < -0.3 is 29.9 Å². The van der Waals surface area contributed by atoms with Crippen molar-refractivity contribution in [3.05, 3.63) is 0 Å². The average molecular weight is 411 g/mol. The number of aliphatic hydroxyl groups excluding tert-OH is 1. The van der Waals surface area contributed by atoms with Crippen LogP contribution in [0.5, 0.6) is 0 Å². The molecule has 11 heteroatoms. The third-order valence-corrected chi connectivity index (χ3v) is 4.91. The van der Waals surface area contributed by atoms with Crippen LogP contribution in [0.25, 0.3) is 0 Å². The fourth-order valence-corrected chi connectivity index (χ4v) is 3.33. The molecule has 0 radical (unpaired) electrons. The molecule has 1 unspecified atom stereocenters. The molecule has 6 atom stereocenters. The Morgan fingerprint density at radius 1 is 1.00 bits per heavy atom. The summed E-state index contributed by atoms with van der Waals surface area (Å²) in [5.41, 5.74) is -10.1. The highest BCUT2D eigenvalue weighted by Gasteiger charge is 2.79. The van der Waals surface area contributed by atoms with E-state index in [9.17, 15) is 39.6 Å². The third kappa shape index (κ3) is 3.25. The first-order valence-electron chi connectivity index (χ1n) is 7.96. The second-order valence-corrected chi connectivity index (χ2v) is 6.79. The summed E-state index contributed by atoms with van der Waals surface area (Å²) in [4.78, 5) is 48.5. The average Bonchev–Trinajstić information content (AvgIpc) is 2.57. The molecule has 154 valence electrons. The Morgan fingerprint density at radius 3 is 1.81 bits per heavy atom. The van der Waals surface area contributed by atoms with E-state index in [2.05, 4.69) is 0 Å². The number of halogens is 1. The van der Waals surface area contributed by atoms with Crippen LogP contribution < -0.4 is 0 Å². The lowest BCUT2D eigenvalue weighted by Crippen LogP contribution is -2.87. The zero-order valence-electron chi connectivity index (χ0n) is 15.3. The van der Waals surface area contributed by atoms with E-state index in [4.69, 9.17) is 21.1 Å². The fraction of sp³-hybridized carbons (Fsp3) is 0.750. The number of rotatable bonds is 8. The summed E-state index contributed by atoms with van der Waals surface area (Å²) in [5.74, 6) is -5.11. The van der Waals surface area contributed by atoms with Gasteiger partial charge in [0.1, 0.15) is 12.2 Å². The molecular weight excluding hydrogens is 388 g/mol. The molecule has 0 bridgehead atoms. The standard InChI is InChI=1S/C16H23ClO10/c1-7(18)11(22)12-14(23,8(2)19)16(25,10(4)21)15(24,9(3)20)13(27-12)26-6-5-17/h11-13,22-25H,5-6H2,1-4H3/t11?,12-,13+,14+,15+,16+/m1/s1. The number of carbonyl (C=O) groups excluding carboxylic acids is 4. The molecule has 1 rings (SSSR count). The second-order valence-electron chi connectivity index (χ2n) is 6.42. The van der Waals surface area contributed by atoms with Crippen LogP contribution in [0.3, 0.4) is 0 Å². The number of Topliss-reactive ketones (excluding diaryl/α,β-unsaturated/α-hetero) is 4. The highest BCUT2D eigenvalue weighted by molar-refractivity contribution is 6.18. The van der Waals surface area contributed by atoms with Crippen molar-refractivity contribution < 1.29 is 49.1 Å². The number of hydrogen-bond donors (Lipinski definition) is 4. The molecule has 1 aliphatic rings. The van der Waals surface area contributed by atoms with Gasteiger partial charge in [0.05, 0.1) is 6.61 Å². The van der Waals surface area contributed by atoms with Crippen molar-refractivity contribution in [1.82, 2.24) is 0 Å². The zero-order valence-corrected chi connectivity index (χ0v) is 16.0. The number of aliphatic hydroxyl groups is 4. The van der Waals surface area contributed by atoms with Gasteiger partial charge >= 0.3 is 0 Å². The normalized spacial score (nSPS) is 37.5. The van der Waals surface area contributed by atoms with Crippen LogP contribution in [0.1, 0.15) is 27.7 Å². The van der Waals surface area contributed by atoms with E-state index in [1.807, 2.05) is 0 Å². The van der Waals surface area contributed by atoms with Gasteiger partial charge in [0.25, 0.3) is 0 Å². The van der Waals surface area contributed by atoms with Crippen LogP contribution in [-0.2, 0) is 28.7 Å². The van der Waals surface area contributed by atoms with Crippen LogP contribution in [-0.4, -0.2) is 91.3 Å². The van der Waals surface area contributed by atoms with Crippen molar-refractivity contribution in [1.29, 1.82) is 0 Å². The summed E-state index contributed by atoms with van der Waals surface area (Å²) < 4.78 is 10.3. The fourth-order valence-electron chi connectivity index (χ4n) is 3.24. The number of hydrogen-bond acceptors (Lipinski definition) is 10. The van der Waals surface area contributed by atoms with E-state index >= 15 is 0 Å². The van der Waals surface area contributed by atoms with Gasteiger partial charge in [0.15, 0.2) is 35.0 Å². The van der Waals surface area contributed by atoms with E-state index in [-0.39, 0.29) is 12.5 Å². The van der Waals surface area contributed by atoms with Crippen LogP contribution in [0.15, 0.2) is 0 Å². The first-order valence-corrected chi connectivity index (χ1v) is 8.49. The molecule has 0 aromatic heterocycles. The van der Waals surface area contributed by atoms with Gasteiger partial charge in [0.2, 0.25) is 11.2 Å². The van der Waals surface area contributed by atoms with E-state index < -0.39 is 58.4 Å². The quantitative estimate of drug-likeness (QED) is 0.324. The molecule has 1 aliphatic heterocycles. The van der Waals surface area contributed by atoms with E-state index in [0.717, 1.165) is 20.8 Å². The summed E-state index contributed by atoms with van der Waals surface area (Å²) in [7, 11) is 0. The smallest absolute Gasteiger partial charge is 0.213 e. The van der Waals surface area contributed by atoms with Crippen LogP contribution in [0.2, 0.25) is 0 Å². The summed E-state index contributed by atoms with van der Waals surface area (Å²) in [6.07, 6.45) is -6.54. The molecule has 1 fully saturated rings. The molecule has 10 nitrogen and oxygen atoms in total. The van der Waals surface area contributed by atoms with Gasteiger partial charge in [-0.15, -0.1) is 11.6 Å². The van der Waals surface area contributed by atoms with Crippen molar-refractivity contribution in [2.75, 3.05) is 12.5 Å². The predicted molar refractivity (Wildman–Crippen MR) is 88.9 cm³/mol. The molecular formula is C16H23ClO10. The van der Waals surface area contributed by atoms with Crippen molar-refractivity contribution in [3.63, 3.8) is 0 Å². The first-order chi connectivity index (χ1) is 12.2. The molecule has 0 spiro atoms. The van der Waals surface area contributed by atoms with E-state index in [1.165, 1.54) is 0 Å². The molecule has 4 N–H and O–H groups in total. The van der Waals surface area contributed by atoms with Crippen molar-refractivity contribution >= 4 is 34.7 Å². The Hall–Kier alpha value is -1.27. The summed E-state index contributed by atoms with van der Waals surface area (Å²) in [5, 5.41) is 43.2. The van der Waals surface area contributed by atoms with E-state index in [0.29, 0.717) is 6.92 Å². The van der Waals surface area contributed by atoms with Crippen molar-refractivity contribution in [2.24, 2.45) is 0 Å². The lowest BCUT2D eigenvalue weighted by atomic mass is 9.60. The van der Waals surface area contributed by atoms with E-state index in [1.54, 1.807) is 0 Å². The maximum absolute atomic E-state index is 12.3. The molecule has 1 heterocycles. The van der Waals surface area contributed by atoms with Gasteiger partial charge in [-0.2, -0.15) is 0 Å². The third-order valence-electron chi connectivity index (χ3n) is 4.76. The number of ketones is 4. The number of ether oxygens (including phenoxy) is 2. The Labute approximate surface area is 160 Å². The minimum Gasteiger partial charge on any atom is -0.382 e. The molecule has 0 aromatic rings. The summed E-state index contributed by atoms with van der Waals surface area (Å²) >= 11 is 5.50. The lowest BCUT2D eigenvalue weighted by Gasteiger charge is -2.57. The lowest BCUT2D eigenvalue weighted by molar-refractivity contribution is -0.371. The van der Waals surface area contributed by atoms with Gasteiger partial charge in [-0.05, 0) is 27.7 Å². The van der Waals surface area contributed by atoms with Crippen molar-refractivity contribution in [2.45, 2.75) is 63.0 Å². The highest BCUT2D eigenvalue weighted by atomic mass is 35.5. The minimum absolute atomic E-state index is 0.150. The zero-order chi connectivity index (χ0) is 21.4. The minimum atomic E-state index is -3.49. The van der Waals surface area contributed by atoms with Crippen LogP contribution in [0, 0.1) is 0 Å². The van der Waals surface area contributed by atoms with Gasteiger partial charge in [-0.1, -0.05) is 0 Å². The molecule has 0 aromatic carbocycles. The first kappa shape index (κ1) is 23.8. The van der Waals surface area contributed by atoms with Crippen LogP contribution in [0.4, 0.5) is 0 Å².